The molecule has 0 saturated carbocycles. The third-order valence-electron chi connectivity index (χ3n) is 3.44. The normalized spacial score (nSPS) is 18.2. The molecule has 1 N–H and O–H groups in total. The highest BCUT2D eigenvalue weighted by Crippen LogP contribution is 2.20. The molecule has 1 saturated heterocycles. The maximum atomic E-state index is 12.3. The average molecular weight is 303 g/mol. The van der Waals surface area contributed by atoms with Crippen LogP contribution in [0.4, 0.5) is 0 Å². The number of carbonyl (C=O) groups excluding carboxylic acids is 1. The average Bonchev–Trinajstić information content (AvgIpc) is 2.81. The predicted octanol–water partition coefficient (Wildman–Crippen LogP) is 2.51. The number of hydrogen-bond donors (Lipinski definition) is 1. The number of carbonyl (C=O) groups is 1. The van der Waals surface area contributed by atoms with E-state index in [2.05, 4.69) is 5.32 Å². The van der Waals surface area contributed by atoms with Gasteiger partial charge in [-0.25, -0.2) is 0 Å². The van der Waals surface area contributed by atoms with Crippen LogP contribution >= 0.6 is 24.0 Å². The number of hydrogen-bond acceptors (Lipinski definition) is 2. The molecule has 1 aliphatic rings. The Morgan fingerprint density at radius 1 is 1.47 bits per heavy atom. The summed E-state index contributed by atoms with van der Waals surface area (Å²) >= 11 is 6.09. The van der Waals surface area contributed by atoms with Crippen molar-refractivity contribution < 1.29 is 4.79 Å². The molecule has 106 valence electrons. The fraction of sp³-hybridized carbons (Fsp3) is 0.500. The second-order valence-corrected chi connectivity index (χ2v) is 5.12. The van der Waals surface area contributed by atoms with Gasteiger partial charge in [0.15, 0.2) is 0 Å². The molecule has 1 atom stereocenters. The van der Waals surface area contributed by atoms with Gasteiger partial charge in [-0.3, -0.25) is 4.79 Å². The van der Waals surface area contributed by atoms with E-state index in [1.807, 2.05) is 36.2 Å². The van der Waals surface area contributed by atoms with Crippen LogP contribution in [0.3, 0.4) is 0 Å². The third-order valence-corrected chi connectivity index (χ3v) is 3.81. The first-order chi connectivity index (χ1) is 8.72. The predicted molar refractivity (Wildman–Crippen MR) is 81.1 cm³/mol. The number of nitrogens with one attached hydrogen (secondary N) is 1. The summed E-state index contributed by atoms with van der Waals surface area (Å²) in [6.45, 7) is 1.74. The van der Waals surface area contributed by atoms with E-state index in [9.17, 15) is 4.79 Å². The van der Waals surface area contributed by atoms with Crippen LogP contribution in [0.15, 0.2) is 24.3 Å². The summed E-state index contributed by atoms with van der Waals surface area (Å²) in [5, 5.41) is 3.83. The first kappa shape index (κ1) is 16.3. The fourth-order valence-electron chi connectivity index (χ4n) is 2.52. The number of rotatable bonds is 4. The van der Waals surface area contributed by atoms with Gasteiger partial charge in [-0.1, -0.05) is 29.8 Å². The van der Waals surface area contributed by atoms with Crippen molar-refractivity contribution in [2.24, 2.45) is 0 Å². The van der Waals surface area contributed by atoms with E-state index in [1.165, 1.54) is 0 Å². The van der Waals surface area contributed by atoms with Crippen LogP contribution in [-0.2, 0) is 11.2 Å². The number of halogens is 2. The summed E-state index contributed by atoms with van der Waals surface area (Å²) in [6.07, 6.45) is 2.59. The largest absolute Gasteiger partial charge is 0.338 e. The Hall–Kier alpha value is -0.770. The van der Waals surface area contributed by atoms with Crippen molar-refractivity contribution in [1.82, 2.24) is 10.2 Å². The van der Waals surface area contributed by atoms with Crippen molar-refractivity contribution in [2.45, 2.75) is 25.3 Å². The molecule has 1 aromatic rings. The molecule has 19 heavy (non-hydrogen) atoms. The minimum Gasteiger partial charge on any atom is -0.338 e. The van der Waals surface area contributed by atoms with Gasteiger partial charge in [0.2, 0.25) is 5.91 Å². The molecule has 1 fully saturated rings. The lowest BCUT2D eigenvalue weighted by Crippen LogP contribution is -2.41. The molecule has 1 unspecified atom stereocenters. The monoisotopic (exact) mass is 302 g/mol. The molecular weight excluding hydrogens is 283 g/mol. The Labute approximate surface area is 125 Å². The van der Waals surface area contributed by atoms with Crippen LogP contribution in [0.25, 0.3) is 0 Å². The Morgan fingerprint density at radius 2 is 2.21 bits per heavy atom. The van der Waals surface area contributed by atoms with Gasteiger partial charge in [-0.05, 0) is 31.5 Å². The van der Waals surface area contributed by atoms with Crippen molar-refractivity contribution in [3.8, 4) is 0 Å². The van der Waals surface area contributed by atoms with Gasteiger partial charge in [0.25, 0.3) is 0 Å². The first-order valence-corrected chi connectivity index (χ1v) is 6.77. The molecule has 1 heterocycles. The highest BCUT2D eigenvalue weighted by molar-refractivity contribution is 6.31. The summed E-state index contributed by atoms with van der Waals surface area (Å²) < 4.78 is 0. The summed E-state index contributed by atoms with van der Waals surface area (Å²) in [5.74, 6) is 0.181. The summed E-state index contributed by atoms with van der Waals surface area (Å²) in [5.41, 5.74) is 0.916. The molecule has 2 rings (SSSR count). The Morgan fingerprint density at radius 3 is 2.89 bits per heavy atom. The molecule has 0 bridgehead atoms. The number of likely N-dealkylation sites (N-methyl/N-ethyl adjacent to an activating group) is 1. The lowest BCUT2D eigenvalue weighted by molar-refractivity contribution is -0.131. The Kier molecular flexibility index (Phi) is 6.63. The topological polar surface area (TPSA) is 32.3 Å². The molecule has 1 aromatic carbocycles. The summed E-state index contributed by atoms with van der Waals surface area (Å²) in [7, 11) is 1.93. The lowest BCUT2D eigenvalue weighted by Gasteiger charge is -2.24. The minimum atomic E-state index is 0. The van der Waals surface area contributed by atoms with E-state index in [-0.39, 0.29) is 18.3 Å². The number of benzene rings is 1. The number of likely N-dealkylation sites (tertiary alicyclic amines) is 1. The highest BCUT2D eigenvalue weighted by Gasteiger charge is 2.28. The molecular formula is C14H20Cl2N2O. The first-order valence-electron chi connectivity index (χ1n) is 6.40. The van der Waals surface area contributed by atoms with Crippen molar-refractivity contribution >= 4 is 29.9 Å². The number of amides is 1. The van der Waals surface area contributed by atoms with Gasteiger partial charge in [-0.15, -0.1) is 12.4 Å². The zero-order valence-corrected chi connectivity index (χ0v) is 12.6. The van der Waals surface area contributed by atoms with Crippen LogP contribution in [0.1, 0.15) is 18.4 Å². The van der Waals surface area contributed by atoms with E-state index in [0.29, 0.717) is 17.5 Å². The maximum absolute atomic E-state index is 12.3. The second-order valence-electron chi connectivity index (χ2n) is 4.71. The molecule has 0 aromatic heterocycles. The quantitative estimate of drug-likeness (QED) is 0.927. The van der Waals surface area contributed by atoms with Gasteiger partial charge in [0.05, 0.1) is 6.42 Å². The zero-order chi connectivity index (χ0) is 13.0. The van der Waals surface area contributed by atoms with Crippen LogP contribution < -0.4 is 5.32 Å². The number of nitrogens with zero attached hydrogens (tertiary/aromatic N) is 1. The zero-order valence-electron chi connectivity index (χ0n) is 11.1. The molecule has 5 heteroatoms. The van der Waals surface area contributed by atoms with E-state index in [1.54, 1.807) is 0 Å². The van der Waals surface area contributed by atoms with E-state index in [4.69, 9.17) is 11.6 Å². The van der Waals surface area contributed by atoms with Gasteiger partial charge >= 0.3 is 0 Å². The molecule has 0 radical (unpaired) electrons. The SMILES string of the molecule is CNCC1CCCN1C(=O)Cc1ccccc1Cl.Cl. The van der Waals surface area contributed by atoms with Crippen LogP contribution in [0.2, 0.25) is 5.02 Å². The van der Waals surface area contributed by atoms with Crippen LogP contribution in [0.5, 0.6) is 0 Å². The van der Waals surface area contributed by atoms with Gasteiger partial charge in [0.1, 0.15) is 0 Å². The lowest BCUT2D eigenvalue weighted by atomic mass is 10.1. The highest BCUT2D eigenvalue weighted by atomic mass is 35.5. The third kappa shape index (κ3) is 4.10. The Bertz CT molecular complexity index is 426. The van der Waals surface area contributed by atoms with E-state index in [0.717, 1.165) is 31.5 Å². The Balaban J connectivity index is 0.00000180. The molecule has 1 aliphatic heterocycles. The molecule has 0 spiro atoms. The standard InChI is InChI=1S/C14H19ClN2O.ClH/c1-16-10-12-6-4-8-17(12)14(18)9-11-5-2-3-7-13(11)15;/h2-3,5,7,12,16H,4,6,8-10H2,1H3;1H. The van der Waals surface area contributed by atoms with Crippen molar-refractivity contribution in [2.75, 3.05) is 20.1 Å². The van der Waals surface area contributed by atoms with Crippen molar-refractivity contribution in [3.63, 3.8) is 0 Å². The van der Waals surface area contributed by atoms with Crippen molar-refractivity contribution in [3.05, 3.63) is 34.9 Å². The maximum Gasteiger partial charge on any atom is 0.227 e. The molecule has 3 nitrogen and oxygen atoms in total. The second kappa shape index (κ2) is 7.73. The van der Waals surface area contributed by atoms with Crippen LogP contribution in [0, 0.1) is 0 Å². The van der Waals surface area contributed by atoms with E-state index < -0.39 is 0 Å². The minimum absolute atomic E-state index is 0. The molecule has 1 amide bonds. The van der Waals surface area contributed by atoms with Gasteiger partial charge in [-0.2, -0.15) is 0 Å². The van der Waals surface area contributed by atoms with Gasteiger partial charge < -0.3 is 10.2 Å². The summed E-state index contributed by atoms with van der Waals surface area (Å²) in [4.78, 5) is 14.3. The van der Waals surface area contributed by atoms with Gasteiger partial charge in [0, 0.05) is 24.2 Å². The summed E-state index contributed by atoms with van der Waals surface area (Å²) in [6, 6.07) is 7.90. The molecule has 0 aliphatic carbocycles. The van der Waals surface area contributed by atoms with E-state index >= 15 is 0 Å². The van der Waals surface area contributed by atoms with Crippen molar-refractivity contribution in [1.29, 1.82) is 0 Å². The van der Waals surface area contributed by atoms with Crippen LogP contribution in [-0.4, -0.2) is 37.0 Å². The smallest absolute Gasteiger partial charge is 0.227 e. The fourth-order valence-corrected chi connectivity index (χ4v) is 2.72.